The van der Waals surface area contributed by atoms with Gasteiger partial charge in [0.25, 0.3) is 0 Å². The molecule has 2 atom stereocenters. The Kier molecular flexibility index (Phi) is 7.44. The molecule has 2 aliphatic rings. The van der Waals surface area contributed by atoms with E-state index in [1.165, 1.54) is 38.2 Å². The van der Waals surface area contributed by atoms with Crippen LogP contribution in [0.3, 0.4) is 0 Å². The van der Waals surface area contributed by atoms with Gasteiger partial charge in [-0.15, -0.1) is 12.4 Å². The van der Waals surface area contributed by atoms with E-state index in [1.54, 1.807) is 0 Å². The maximum Gasteiger partial charge on any atom is 0.243 e. The van der Waals surface area contributed by atoms with Gasteiger partial charge in [-0.1, -0.05) is 0 Å². The number of hydrogen-bond donors (Lipinski definition) is 2. The molecule has 28 heavy (non-hydrogen) atoms. The number of likely N-dealkylation sites (N-methyl/N-ethyl adjacent to an activating group) is 1. The number of hydrogen-bond acceptors (Lipinski definition) is 5. The summed E-state index contributed by atoms with van der Waals surface area (Å²) >= 11 is 0. The van der Waals surface area contributed by atoms with Gasteiger partial charge >= 0.3 is 0 Å². The molecule has 2 fully saturated rings. The highest BCUT2D eigenvalue weighted by molar-refractivity contribution is 7.89. The molecule has 2 unspecified atom stereocenters. The van der Waals surface area contributed by atoms with E-state index in [2.05, 4.69) is 10.6 Å². The van der Waals surface area contributed by atoms with Gasteiger partial charge in [0.05, 0.1) is 11.4 Å². The van der Waals surface area contributed by atoms with Crippen LogP contribution in [0.4, 0.5) is 5.69 Å². The molecule has 0 saturated carbocycles. The van der Waals surface area contributed by atoms with Crippen molar-refractivity contribution in [1.29, 1.82) is 0 Å². The number of anilines is 1. The molecule has 0 aliphatic carbocycles. The maximum atomic E-state index is 12.8. The fourth-order valence-corrected chi connectivity index (χ4v) is 4.96. The number of rotatable bonds is 5. The van der Waals surface area contributed by atoms with Crippen LogP contribution in [-0.2, 0) is 19.6 Å². The fraction of sp³-hybridized carbons (Fsp3) is 0.556. The normalized spacial score (nSPS) is 21.8. The summed E-state index contributed by atoms with van der Waals surface area (Å²) in [6, 6.07) is 6.28. The highest BCUT2D eigenvalue weighted by Gasteiger charge is 2.39. The highest BCUT2D eigenvalue weighted by atomic mass is 35.5. The molecule has 2 aliphatic heterocycles. The number of fused-ring (bicyclic) bond motifs is 2. The summed E-state index contributed by atoms with van der Waals surface area (Å²) in [5, 5.41) is 5.93. The van der Waals surface area contributed by atoms with Gasteiger partial charge in [0, 0.05) is 38.3 Å². The second-order valence-electron chi connectivity index (χ2n) is 7.15. The second-order valence-corrected chi connectivity index (χ2v) is 9.19. The van der Waals surface area contributed by atoms with Crippen LogP contribution in [-0.4, -0.2) is 68.2 Å². The minimum absolute atomic E-state index is 0. The van der Waals surface area contributed by atoms with Crippen LogP contribution in [0.5, 0.6) is 0 Å². The van der Waals surface area contributed by atoms with Crippen molar-refractivity contribution in [2.24, 2.45) is 0 Å². The standard InChI is InChI=1S/C18H26N4O4S.ClH/c1-13(23)20-14-3-7-17(8-4-14)27(25,26)21(2)12-18(24)22-15-5-6-16(22)11-19-10-9-15;/h3-4,7-8,15-16,19H,5-6,9-12H2,1-2H3,(H,20,23);1H. The number of carbonyl (C=O) groups excluding carboxylic acids is 2. The van der Waals surface area contributed by atoms with Gasteiger partial charge < -0.3 is 15.5 Å². The summed E-state index contributed by atoms with van der Waals surface area (Å²) in [5.41, 5.74) is 0.522. The number of carbonyl (C=O) groups is 2. The number of nitrogens with one attached hydrogen (secondary N) is 2. The van der Waals surface area contributed by atoms with Crippen molar-refractivity contribution in [3.63, 3.8) is 0 Å². The monoisotopic (exact) mass is 430 g/mol. The Morgan fingerprint density at radius 1 is 1.18 bits per heavy atom. The molecule has 0 spiro atoms. The lowest BCUT2D eigenvalue weighted by Gasteiger charge is -2.29. The van der Waals surface area contributed by atoms with Crippen molar-refractivity contribution in [2.75, 3.05) is 32.0 Å². The van der Waals surface area contributed by atoms with E-state index in [1.807, 2.05) is 4.90 Å². The van der Waals surface area contributed by atoms with Crippen LogP contribution in [0, 0.1) is 0 Å². The van der Waals surface area contributed by atoms with Crippen molar-refractivity contribution >= 4 is 39.9 Å². The first-order chi connectivity index (χ1) is 12.8. The van der Waals surface area contributed by atoms with Crippen LogP contribution in [0.2, 0.25) is 0 Å². The molecule has 2 amide bonds. The Labute approximate surface area is 172 Å². The summed E-state index contributed by atoms with van der Waals surface area (Å²) in [7, 11) is -2.36. The predicted octanol–water partition coefficient (Wildman–Crippen LogP) is 1.04. The molecule has 8 nitrogen and oxygen atoms in total. The molecule has 3 rings (SSSR count). The number of sulfonamides is 1. The third-order valence-electron chi connectivity index (χ3n) is 5.18. The van der Waals surface area contributed by atoms with E-state index in [0.717, 1.165) is 36.7 Å². The highest BCUT2D eigenvalue weighted by Crippen LogP contribution is 2.28. The average molecular weight is 431 g/mol. The third-order valence-corrected chi connectivity index (χ3v) is 7.00. The van der Waals surface area contributed by atoms with E-state index < -0.39 is 10.0 Å². The first-order valence-electron chi connectivity index (χ1n) is 9.15. The molecule has 10 heteroatoms. The molecule has 2 bridgehead atoms. The molecule has 1 aromatic rings. The lowest BCUT2D eigenvalue weighted by molar-refractivity contribution is -0.133. The molecular formula is C18H27ClN4O4S. The van der Waals surface area contributed by atoms with Crippen molar-refractivity contribution in [3.05, 3.63) is 24.3 Å². The van der Waals surface area contributed by atoms with Crippen molar-refractivity contribution in [3.8, 4) is 0 Å². The molecule has 2 heterocycles. The smallest absolute Gasteiger partial charge is 0.243 e. The molecule has 0 aromatic heterocycles. The van der Waals surface area contributed by atoms with E-state index >= 15 is 0 Å². The van der Waals surface area contributed by atoms with E-state index in [9.17, 15) is 18.0 Å². The Balaban J connectivity index is 0.00000280. The van der Waals surface area contributed by atoms with Gasteiger partial charge in [-0.3, -0.25) is 9.59 Å². The Morgan fingerprint density at radius 3 is 2.46 bits per heavy atom. The Morgan fingerprint density at radius 2 is 1.82 bits per heavy atom. The van der Waals surface area contributed by atoms with Crippen LogP contribution >= 0.6 is 12.4 Å². The lowest BCUT2D eigenvalue weighted by Crippen LogP contribution is -2.47. The number of benzene rings is 1. The van der Waals surface area contributed by atoms with Gasteiger partial charge in [-0.25, -0.2) is 8.42 Å². The summed E-state index contributed by atoms with van der Waals surface area (Å²) in [6.45, 7) is 2.86. The third kappa shape index (κ3) is 4.83. The van der Waals surface area contributed by atoms with Crippen LogP contribution in [0.15, 0.2) is 29.2 Å². The SMILES string of the molecule is CC(=O)Nc1ccc(S(=O)(=O)N(C)CC(=O)N2C3CCNCC2CC3)cc1.Cl. The zero-order valence-corrected chi connectivity index (χ0v) is 17.7. The lowest BCUT2D eigenvalue weighted by atomic mass is 10.1. The molecule has 1 aromatic carbocycles. The maximum absolute atomic E-state index is 12.8. The van der Waals surface area contributed by atoms with Gasteiger partial charge in [0.1, 0.15) is 0 Å². The second kappa shape index (κ2) is 9.21. The molecular weight excluding hydrogens is 404 g/mol. The van der Waals surface area contributed by atoms with E-state index in [-0.39, 0.29) is 47.7 Å². The molecule has 156 valence electrons. The molecule has 2 N–H and O–H groups in total. The first kappa shape index (κ1) is 22.6. The summed E-state index contributed by atoms with van der Waals surface area (Å²) in [4.78, 5) is 25.9. The number of amides is 2. The zero-order chi connectivity index (χ0) is 19.6. The van der Waals surface area contributed by atoms with Crippen molar-refractivity contribution in [2.45, 2.75) is 43.2 Å². The predicted molar refractivity (Wildman–Crippen MR) is 109 cm³/mol. The Hall–Kier alpha value is -1.68. The van der Waals surface area contributed by atoms with Gasteiger partial charge in [-0.2, -0.15) is 4.31 Å². The fourth-order valence-electron chi connectivity index (χ4n) is 3.84. The molecule has 0 radical (unpaired) electrons. The van der Waals surface area contributed by atoms with Crippen molar-refractivity contribution < 1.29 is 18.0 Å². The van der Waals surface area contributed by atoms with E-state index in [0.29, 0.717) is 5.69 Å². The minimum atomic E-state index is -3.78. The van der Waals surface area contributed by atoms with Crippen LogP contribution in [0.25, 0.3) is 0 Å². The van der Waals surface area contributed by atoms with Gasteiger partial charge in [0.2, 0.25) is 21.8 Å². The number of halogens is 1. The minimum Gasteiger partial charge on any atom is -0.334 e. The number of nitrogens with zero attached hydrogens (tertiary/aromatic N) is 2. The average Bonchev–Trinajstić information content (AvgIpc) is 2.87. The summed E-state index contributed by atoms with van der Waals surface area (Å²) < 4.78 is 26.7. The van der Waals surface area contributed by atoms with Gasteiger partial charge in [-0.05, 0) is 50.1 Å². The first-order valence-corrected chi connectivity index (χ1v) is 10.6. The zero-order valence-electron chi connectivity index (χ0n) is 16.1. The topological polar surface area (TPSA) is 98.8 Å². The quantitative estimate of drug-likeness (QED) is 0.727. The van der Waals surface area contributed by atoms with E-state index in [4.69, 9.17) is 0 Å². The molecule has 2 saturated heterocycles. The van der Waals surface area contributed by atoms with Crippen molar-refractivity contribution in [1.82, 2.24) is 14.5 Å². The van der Waals surface area contributed by atoms with Gasteiger partial charge in [0.15, 0.2) is 0 Å². The largest absolute Gasteiger partial charge is 0.334 e. The van der Waals surface area contributed by atoms with Crippen LogP contribution in [0.1, 0.15) is 26.2 Å². The summed E-state index contributed by atoms with van der Waals surface area (Å²) in [5.74, 6) is -0.373. The van der Waals surface area contributed by atoms with Crippen LogP contribution < -0.4 is 10.6 Å². The Bertz CT molecular complexity index is 801. The summed E-state index contributed by atoms with van der Waals surface area (Å²) in [6.07, 6.45) is 2.85.